The largest absolute Gasteiger partial charge is 2.00 e. The molecule has 12 heteroatoms. The van der Waals surface area contributed by atoms with Crippen molar-refractivity contribution in [2.45, 2.75) is 20.8 Å². The first kappa shape index (κ1) is 41.7. The van der Waals surface area contributed by atoms with Crippen molar-refractivity contribution < 1.29 is 77.2 Å². The van der Waals surface area contributed by atoms with Crippen LogP contribution in [0.25, 0.3) is 22.6 Å². The van der Waals surface area contributed by atoms with E-state index in [0.29, 0.717) is 57.1 Å². The van der Waals surface area contributed by atoms with Crippen LogP contribution in [0.3, 0.4) is 0 Å². The number of oxazole rings is 1. The van der Waals surface area contributed by atoms with Gasteiger partial charge in [0.15, 0.2) is 35.2 Å². The predicted molar refractivity (Wildman–Crippen MR) is 167 cm³/mol. The number of pyridine rings is 1. The maximum Gasteiger partial charge on any atom is 2.00 e. The first-order valence-electron chi connectivity index (χ1n) is 13.9. The Morgan fingerprint density at radius 3 is 1.85 bits per heavy atom. The first-order chi connectivity index (χ1) is 21.3. The zero-order valence-electron chi connectivity index (χ0n) is 27.0. The molecule has 47 heavy (non-hydrogen) atoms. The second kappa shape index (κ2) is 20.1. The Kier molecular flexibility index (Phi) is 17.9. The van der Waals surface area contributed by atoms with Crippen molar-refractivity contribution in [1.82, 2.24) is 9.97 Å². The minimum absolute atomic E-state index is 0. The van der Waals surface area contributed by atoms with Crippen molar-refractivity contribution in [1.29, 1.82) is 0 Å². The van der Waals surface area contributed by atoms with Crippen LogP contribution in [-0.4, -0.2) is 44.4 Å². The second-order valence-electron chi connectivity index (χ2n) is 10.0. The summed E-state index contributed by atoms with van der Waals surface area (Å²) in [5, 5.41) is 0. The molecule has 1 aliphatic carbocycles. The molecule has 5 rings (SSSR count). The molecule has 0 atom stereocenters. The minimum atomic E-state index is -0.541. The molecule has 2 aromatic carbocycles. The van der Waals surface area contributed by atoms with Crippen LogP contribution in [0.2, 0.25) is 0 Å². The Labute approximate surface area is 302 Å². The first-order valence-corrected chi connectivity index (χ1v) is 13.9. The number of hydrogen-bond acceptors (Lipinski definition) is 9. The molecule has 1 saturated carbocycles. The quantitative estimate of drug-likeness (QED) is 0.142. The number of carbonyl (C=O) groups is 1. The number of methoxy groups -OCH3 is 4. The Morgan fingerprint density at radius 1 is 0.745 bits per heavy atom. The standard InChI is InChI=1S/C25H22N2O7.C10H14.2ClH.Ru/c1-29-18-6-5-16(11-19(18)34-25(28)15-7-9-26-10-8-15)23-22(27-14-33-23)17-12-20(30-2)24(32-4)21(13-17)31-3;1-8(2)10-6-4-9(3)5-7-10;;;/h5-14H,1-4H3;4-8H,1-3H3;2*1H;/q;;;;+2/p-2. The van der Waals surface area contributed by atoms with Crippen molar-refractivity contribution in [3.05, 3.63) is 104 Å². The number of rotatable bonds is 9. The third-order valence-corrected chi connectivity index (χ3v) is 6.79. The van der Waals surface area contributed by atoms with Crippen LogP contribution in [0.4, 0.5) is 0 Å². The van der Waals surface area contributed by atoms with Gasteiger partial charge in [-0.2, -0.15) is 0 Å². The van der Waals surface area contributed by atoms with E-state index in [2.05, 4.69) is 56.4 Å². The summed E-state index contributed by atoms with van der Waals surface area (Å²) >= 11 is 0. The van der Waals surface area contributed by atoms with Crippen LogP contribution in [0.15, 0.2) is 65.7 Å². The van der Waals surface area contributed by atoms with E-state index < -0.39 is 5.97 Å². The maximum absolute atomic E-state index is 12.6. The summed E-state index contributed by atoms with van der Waals surface area (Å²) in [6, 6.07) is 11.8. The number of nitrogens with zero attached hydrogens (tertiary/aromatic N) is 2. The van der Waals surface area contributed by atoms with E-state index in [9.17, 15) is 4.79 Å². The summed E-state index contributed by atoms with van der Waals surface area (Å²) in [5.41, 5.74) is 2.21. The average molecular weight is 769 g/mol. The van der Waals surface area contributed by atoms with Gasteiger partial charge in [-0.3, -0.25) is 4.98 Å². The molecule has 4 aromatic rings. The van der Waals surface area contributed by atoms with Gasteiger partial charge in [-0.15, -0.1) is 0 Å². The summed E-state index contributed by atoms with van der Waals surface area (Å²) in [6.07, 6.45) is 13.1. The number of halogens is 2. The SMILES string of the molecule is COc1ccc(-c2ocnc2-c2cc(OC)c(OC)c(OC)c2)cc1OC(=O)c1ccncc1.C[C]1[CH][CH][C](C(C)C)[CH][CH]1.[Cl-].[Cl-].[Ru+2]. The van der Waals surface area contributed by atoms with Crippen molar-refractivity contribution >= 4 is 5.97 Å². The van der Waals surface area contributed by atoms with E-state index in [4.69, 9.17) is 28.1 Å². The monoisotopic (exact) mass is 768 g/mol. The van der Waals surface area contributed by atoms with Gasteiger partial charge in [0.2, 0.25) is 5.75 Å². The molecule has 1 fully saturated rings. The summed E-state index contributed by atoms with van der Waals surface area (Å²) in [5.74, 6) is 5.37. The summed E-state index contributed by atoms with van der Waals surface area (Å²) in [7, 11) is 6.11. The number of carbonyl (C=O) groups excluding carboxylic acids is 1. The molecule has 0 unspecified atom stereocenters. The van der Waals surface area contributed by atoms with E-state index in [-0.39, 0.29) is 50.0 Å². The van der Waals surface area contributed by atoms with Crippen LogP contribution in [0, 0.1) is 43.4 Å². The molecule has 0 N–H and O–H groups in total. The Morgan fingerprint density at radius 2 is 1.32 bits per heavy atom. The van der Waals surface area contributed by atoms with Gasteiger partial charge in [-0.05, 0) is 85.9 Å². The molecular formula is C35H36Cl2N2O7Ru. The summed E-state index contributed by atoms with van der Waals surface area (Å²) in [6.45, 7) is 6.54. The third kappa shape index (κ3) is 10.6. The van der Waals surface area contributed by atoms with E-state index in [0.717, 1.165) is 0 Å². The van der Waals surface area contributed by atoms with Gasteiger partial charge < -0.3 is 52.9 Å². The summed E-state index contributed by atoms with van der Waals surface area (Å²) in [4.78, 5) is 20.9. The van der Waals surface area contributed by atoms with Crippen LogP contribution in [-0.2, 0) is 19.5 Å². The molecule has 0 amide bonds. The molecule has 2 aromatic heterocycles. The zero-order valence-corrected chi connectivity index (χ0v) is 30.3. The molecule has 0 bridgehead atoms. The molecule has 0 saturated heterocycles. The molecule has 0 spiro atoms. The fourth-order valence-corrected chi connectivity index (χ4v) is 4.37. The number of ether oxygens (including phenoxy) is 5. The normalized spacial score (nSPS) is 12.7. The molecule has 1 aliphatic rings. The molecule has 6 radical (unpaired) electrons. The second-order valence-corrected chi connectivity index (χ2v) is 10.0. The van der Waals surface area contributed by atoms with E-state index >= 15 is 0 Å². The molecule has 2 heterocycles. The van der Waals surface area contributed by atoms with E-state index in [1.807, 2.05) is 0 Å². The van der Waals surface area contributed by atoms with Gasteiger partial charge >= 0.3 is 25.4 Å². The summed E-state index contributed by atoms with van der Waals surface area (Å²) < 4.78 is 33.0. The Hall–Kier alpha value is -3.33. The van der Waals surface area contributed by atoms with Crippen LogP contribution >= 0.6 is 0 Å². The predicted octanol–water partition coefficient (Wildman–Crippen LogP) is 1.30. The zero-order chi connectivity index (χ0) is 31.6. The van der Waals surface area contributed by atoms with Gasteiger partial charge in [0.1, 0.15) is 5.69 Å². The Bertz CT molecular complexity index is 1500. The fraction of sp³-hybridized carbons (Fsp3) is 0.229. The number of hydrogen-bond donors (Lipinski definition) is 0. The van der Waals surface area contributed by atoms with Gasteiger partial charge in [-0.1, -0.05) is 20.8 Å². The third-order valence-electron chi connectivity index (χ3n) is 6.79. The fourth-order valence-electron chi connectivity index (χ4n) is 4.37. The van der Waals surface area contributed by atoms with Crippen molar-refractivity contribution in [2.75, 3.05) is 28.4 Å². The van der Waals surface area contributed by atoms with Crippen molar-refractivity contribution in [3.63, 3.8) is 0 Å². The maximum atomic E-state index is 12.6. The number of esters is 1. The molecular weight excluding hydrogens is 732 g/mol. The van der Waals surface area contributed by atoms with E-state index in [1.165, 1.54) is 59.1 Å². The molecule has 250 valence electrons. The van der Waals surface area contributed by atoms with Gasteiger partial charge in [0.05, 0.1) is 34.0 Å². The minimum Gasteiger partial charge on any atom is -1.00 e. The van der Waals surface area contributed by atoms with Gasteiger partial charge in [0, 0.05) is 23.5 Å². The Balaban J connectivity index is 0.000000732. The molecule has 9 nitrogen and oxygen atoms in total. The van der Waals surface area contributed by atoms with Crippen LogP contribution in [0.5, 0.6) is 28.7 Å². The number of aromatic nitrogens is 2. The van der Waals surface area contributed by atoms with Crippen LogP contribution in [0.1, 0.15) is 31.1 Å². The van der Waals surface area contributed by atoms with Crippen LogP contribution < -0.4 is 48.5 Å². The van der Waals surface area contributed by atoms with Gasteiger partial charge in [-0.25, -0.2) is 9.78 Å². The van der Waals surface area contributed by atoms with Gasteiger partial charge in [0.25, 0.3) is 0 Å². The molecule has 0 aliphatic heterocycles. The van der Waals surface area contributed by atoms with E-state index in [1.54, 1.807) is 42.5 Å². The topological polar surface area (TPSA) is 102 Å². The smallest absolute Gasteiger partial charge is 1.00 e. The number of benzene rings is 2. The van der Waals surface area contributed by atoms with Crippen molar-refractivity contribution in [3.8, 4) is 51.3 Å². The average Bonchev–Trinajstić information content (AvgIpc) is 3.55. The van der Waals surface area contributed by atoms with Crippen molar-refractivity contribution in [2.24, 2.45) is 5.92 Å².